The maximum absolute atomic E-state index is 5.85. The third kappa shape index (κ3) is 2.03. The first-order valence-corrected chi connectivity index (χ1v) is 5.56. The topological polar surface area (TPSA) is 41.3 Å². The third-order valence-electron chi connectivity index (χ3n) is 3.53. The Morgan fingerprint density at radius 1 is 1.31 bits per heavy atom. The van der Waals surface area contributed by atoms with Gasteiger partial charge in [-0.15, -0.1) is 0 Å². The zero-order valence-corrected chi connectivity index (χ0v) is 8.34. The monoisotopic (exact) mass is 183 g/mol. The summed E-state index contributed by atoms with van der Waals surface area (Å²) in [6.45, 7) is 5.80. The zero-order valence-electron chi connectivity index (χ0n) is 8.34. The Hall–Kier alpha value is -0.120. The summed E-state index contributed by atoms with van der Waals surface area (Å²) in [5.74, 6) is 0.853. The maximum atomic E-state index is 5.85. The number of piperidine rings is 1. The van der Waals surface area contributed by atoms with Crippen LogP contribution in [-0.2, 0) is 0 Å². The Kier molecular flexibility index (Phi) is 3.19. The van der Waals surface area contributed by atoms with Crippen LogP contribution in [0.2, 0.25) is 0 Å². The first-order chi connectivity index (χ1) is 6.42. The summed E-state index contributed by atoms with van der Waals surface area (Å²) in [5, 5.41) is 3.41. The van der Waals surface area contributed by atoms with Crippen molar-refractivity contribution in [2.24, 2.45) is 11.7 Å². The van der Waals surface area contributed by atoms with Gasteiger partial charge in [0.25, 0.3) is 0 Å². The lowest BCUT2D eigenvalue weighted by atomic mass is 9.88. The molecule has 3 heteroatoms. The van der Waals surface area contributed by atoms with E-state index in [1.807, 2.05) is 0 Å². The molecule has 2 aliphatic heterocycles. The van der Waals surface area contributed by atoms with Gasteiger partial charge in [-0.1, -0.05) is 0 Å². The summed E-state index contributed by atoms with van der Waals surface area (Å²) in [7, 11) is 0. The van der Waals surface area contributed by atoms with Crippen LogP contribution >= 0.6 is 0 Å². The second-order valence-electron chi connectivity index (χ2n) is 4.28. The molecular formula is C10H21N3. The molecule has 1 unspecified atom stereocenters. The van der Waals surface area contributed by atoms with Crippen LogP contribution in [0.15, 0.2) is 0 Å². The summed E-state index contributed by atoms with van der Waals surface area (Å²) in [6.07, 6.45) is 4.01. The molecule has 0 aromatic rings. The van der Waals surface area contributed by atoms with Gasteiger partial charge in [0.2, 0.25) is 0 Å². The second kappa shape index (κ2) is 4.40. The lowest BCUT2D eigenvalue weighted by Crippen LogP contribution is -2.53. The smallest absolute Gasteiger partial charge is 0.0247 e. The highest BCUT2D eigenvalue weighted by atomic mass is 15.2. The molecule has 2 rings (SSSR count). The highest BCUT2D eigenvalue weighted by Gasteiger charge is 2.30. The van der Waals surface area contributed by atoms with Gasteiger partial charge >= 0.3 is 0 Å². The highest BCUT2D eigenvalue weighted by molar-refractivity contribution is 4.87. The molecular weight excluding hydrogens is 162 g/mol. The Balaban J connectivity index is 1.86. The summed E-state index contributed by atoms with van der Waals surface area (Å²) >= 11 is 0. The molecule has 0 radical (unpaired) electrons. The van der Waals surface area contributed by atoms with Crippen molar-refractivity contribution in [3.8, 4) is 0 Å². The Labute approximate surface area is 80.7 Å². The number of rotatable bonds is 3. The lowest BCUT2D eigenvalue weighted by Gasteiger charge is -2.43. The highest BCUT2D eigenvalue weighted by Crippen LogP contribution is 2.23. The van der Waals surface area contributed by atoms with Gasteiger partial charge in [-0.3, -0.25) is 4.90 Å². The maximum Gasteiger partial charge on any atom is 0.0247 e. The van der Waals surface area contributed by atoms with Gasteiger partial charge in [-0.05, 0) is 51.4 Å². The summed E-state index contributed by atoms with van der Waals surface area (Å²) in [4.78, 5) is 2.57. The number of hydrogen-bond donors (Lipinski definition) is 2. The minimum absolute atomic E-state index is 0.677. The standard InChI is InChI=1S/C10H21N3/c11-8-10(13-6-1-7-13)9-2-4-12-5-3-9/h9-10,12H,1-8,11H2. The molecule has 2 saturated heterocycles. The molecule has 0 aromatic heterocycles. The molecule has 0 amide bonds. The van der Waals surface area contributed by atoms with E-state index in [0.29, 0.717) is 6.04 Å². The average molecular weight is 183 g/mol. The molecule has 76 valence electrons. The molecule has 0 spiro atoms. The summed E-state index contributed by atoms with van der Waals surface area (Å²) in [5.41, 5.74) is 5.85. The molecule has 2 fully saturated rings. The molecule has 0 saturated carbocycles. The van der Waals surface area contributed by atoms with Crippen LogP contribution in [0.4, 0.5) is 0 Å². The van der Waals surface area contributed by atoms with Gasteiger partial charge < -0.3 is 11.1 Å². The van der Waals surface area contributed by atoms with Gasteiger partial charge in [-0.2, -0.15) is 0 Å². The van der Waals surface area contributed by atoms with Crippen molar-refractivity contribution in [3.05, 3.63) is 0 Å². The van der Waals surface area contributed by atoms with Crippen molar-refractivity contribution in [3.63, 3.8) is 0 Å². The van der Waals surface area contributed by atoms with Crippen LogP contribution in [-0.4, -0.2) is 43.7 Å². The van der Waals surface area contributed by atoms with Crippen molar-refractivity contribution in [2.75, 3.05) is 32.7 Å². The van der Waals surface area contributed by atoms with Gasteiger partial charge in [-0.25, -0.2) is 0 Å². The number of nitrogens with zero attached hydrogens (tertiary/aromatic N) is 1. The van der Waals surface area contributed by atoms with Crippen LogP contribution in [0.3, 0.4) is 0 Å². The predicted molar refractivity (Wildman–Crippen MR) is 54.6 cm³/mol. The van der Waals surface area contributed by atoms with E-state index >= 15 is 0 Å². The van der Waals surface area contributed by atoms with E-state index in [0.717, 1.165) is 12.5 Å². The van der Waals surface area contributed by atoms with E-state index in [4.69, 9.17) is 5.73 Å². The predicted octanol–water partition coefficient (Wildman–Crippen LogP) is 0.0190. The summed E-state index contributed by atoms with van der Waals surface area (Å²) < 4.78 is 0. The van der Waals surface area contributed by atoms with Crippen molar-refractivity contribution < 1.29 is 0 Å². The Morgan fingerprint density at radius 3 is 2.46 bits per heavy atom. The largest absolute Gasteiger partial charge is 0.329 e. The van der Waals surface area contributed by atoms with Gasteiger partial charge in [0.15, 0.2) is 0 Å². The minimum atomic E-state index is 0.677. The molecule has 2 aliphatic rings. The van der Waals surface area contributed by atoms with Crippen molar-refractivity contribution in [1.82, 2.24) is 10.2 Å². The molecule has 3 N–H and O–H groups in total. The van der Waals surface area contributed by atoms with Crippen molar-refractivity contribution in [2.45, 2.75) is 25.3 Å². The first-order valence-electron chi connectivity index (χ1n) is 5.56. The van der Waals surface area contributed by atoms with E-state index in [1.54, 1.807) is 0 Å². The third-order valence-corrected chi connectivity index (χ3v) is 3.53. The molecule has 0 aliphatic carbocycles. The van der Waals surface area contributed by atoms with Gasteiger partial charge in [0, 0.05) is 12.6 Å². The molecule has 0 aromatic carbocycles. The SMILES string of the molecule is NCC(C1CCNCC1)N1CCC1. The quantitative estimate of drug-likeness (QED) is 0.648. The lowest BCUT2D eigenvalue weighted by molar-refractivity contribution is 0.0702. The molecule has 0 bridgehead atoms. The van der Waals surface area contributed by atoms with E-state index in [1.165, 1.54) is 45.4 Å². The van der Waals surface area contributed by atoms with Gasteiger partial charge in [0.05, 0.1) is 0 Å². The molecule has 3 nitrogen and oxygen atoms in total. The number of hydrogen-bond acceptors (Lipinski definition) is 3. The van der Waals surface area contributed by atoms with Crippen LogP contribution in [0.25, 0.3) is 0 Å². The number of likely N-dealkylation sites (tertiary alicyclic amines) is 1. The zero-order chi connectivity index (χ0) is 9.10. The Bertz CT molecular complexity index is 150. The van der Waals surface area contributed by atoms with E-state index < -0.39 is 0 Å². The van der Waals surface area contributed by atoms with E-state index in [2.05, 4.69) is 10.2 Å². The Morgan fingerprint density at radius 2 is 2.00 bits per heavy atom. The van der Waals surface area contributed by atoms with Crippen LogP contribution < -0.4 is 11.1 Å². The number of nitrogens with two attached hydrogens (primary N) is 1. The normalized spacial score (nSPS) is 28.4. The molecule has 2 heterocycles. The van der Waals surface area contributed by atoms with E-state index in [9.17, 15) is 0 Å². The first kappa shape index (κ1) is 9.44. The fourth-order valence-electron chi connectivity index (χ4n) is 2.54. The fourth-order valence-corrected chi connectivity index (χ4v) is 2.54. The average Bonchev–Trinajstić information content (AvgIpc) is 2.12. The van der Waals surface area contributed by atoms with Crippen LogP contribution in [0.5, 0.6) is 0 Å². The molecule has 13 heavy (non-hydrogen) atoms. The van der Waals surface area contributed by atoms with Crippen LogP contribution in [0, 0.1) is 5.92 Å². The van der Waals surface area contributed by atoms with Crippen molar-refractivity contribution >= 4 is 0 Å². The second-order valence-corrected chi connectivity index (χ2v) is 4.28. The van der Waals surface area contributed by atoms with Gasteiger partial charge in [0.1, 0.15) is 0 Å². The minimum Gasteiger partial charge on any atom is -0.329 e. The van der Waals surface area contributed by atoms with Crippen molar-refractivity contribution in [1.29, 1.82) is 0 Å². The van der Waals surface area contributed by atoms with Crippen LogP contribution in [0.1, 0.15) is 19.3 Å². The number of nitrogens with one attached hydrogen (secondary N) is 1. The van der Waals surface area contributed by atoms with E-state index in [-0.39, 0.29) is 0 Å². The molecule has 1 atom stereocenters. The fraction of sp³-hybridized carbons (Fsp3) is 1.00. The summed E-state index contributed by atoms with van der Waals surface area (Å²) in [6, 6.07) is 0.677.